The van der Waals surface area contributed by atoms with E-state index in [9.17, 15) is 4.79 Å². The van der Waals surface area contributed by atoms with Crippen molar-refractivity contribution in [1.82, 2.24) is 30.4 Å². The Morgan fingerprint density at radius 3 is 2.93 bits per heavy atom. The van der Waals surface area contributed by atoms with Crippen molar-refractivity contribution in [3.8, 4) is 0 Å². The van der Waals surface area contributed by atoms with Gasteiger partial charge in [0.05, 0.1) is 6.54 Å². The van der Waals surface area contributed by atoms with Crippen LogP contribution in [0.1, 0.15) is 70.5 Å². The van der Waals surface area contributed by atoms with Crippen LogP contribution in [0, 0.1) is 5.92 Å². The van der Waals surface area contributed by atoms with Crippen LogP contribution in [0.15, 0.2) is 11.6 Å². The van der Waals surface area contributed by atoms with Crippen LogP contribution in [0.4, 0.5) is 0 Å². The monoisotopic (exact) mass is 374 g/mol. The summed E-state index contributed by atoms with van der Waals surface area (Å²) in [5.74, 6) is 1.87. The number of carbonyl (C=O) groups is 1. The number of nitrogens with one attached hydrogen (secondary N) is 1. The van der Waals surface area contributed by atoms with E-state index in [2.05, 4.69) is 38.7 Å². The third-order valence-corrected chi connectivity index (χ3v) is 5.77. The third kappa shape index (κ3) is 6.72. The summed E-state index contributed by atoms with van der Waals surface area (Å²) in [6.07, 6.45) is 12.1. The molecule has 3 rings (SSSR count). The first-order valence-electron chi connectivity index (χ1n) is 10.6. The van der Waals surface area contributed by atoms with E-state index in [1.54, 1.807) is 0 Å². The van der Waals surface area contributed by atoms with Crippen LogP contribution < -0.4 is 5.32 Å². The van der Waals surface area contributed by atoms with E-state index in [-0.39, 0.29) is 5.91 Å². The molecule has 1 fully saturated rings. The van der Waals surface area contributed by atoms with Crippen LogP contribution in [0.3, 0.4) is 0 Å². The second-order valence-electron chi connectivity index (χ2n) is 8.09. The minimum atomic E-state index is 0.131. The topological polar surface area (TPSA) is 75.9 Å². The number of rotatable bonds is 9. The molecular formula is C20H34N6O. The van der Waals surface area contributed by atoms with Crippen LogP contribution in [0.5, 0.6) is 0 Å². The lowest BCUT2D eigenvalue weighted by Gasteiger charge is -2.29. The molecule has 0 atom stereocenters. The van der Waals surface area contributed by atoms with E-state index >= 15 is 0 Å². The van der Waals surface area contributed by atoms with Crippen molar-refractivity contribution in [2.45, 2.75) is 77.8 Å². The number of carbonyl (C=O) groups excluding carboxylic acids is 1. The molecule has 1 aliphatic heterocycles. The molecule has 1 aromatic heterocycles. The summed E-state index contributed by atoms with van der Waals surface area (Å²) in [6.45, 7) is 6.82. The first-order valence-corrected chi connectivity index (χ1v) is 10.6. The Morgan fingerprint density at radius 1 is 1.30 bits per heavy atom. The first-order chi connectivity index (χ1) is 13.2. The van der Waals surface area contributed by atoms with Gasteiger partial charge in [-0.05, 0) is 80.8 Å². The SMILES string of the molecule is CC1CCN(Cc2nnnn2CCCC(=O)NCCC2=CCCCC2)CC1. The maximum atomic E-state index is 12.0. The summed E-state index contributed by atoms with van der Waals surface area (Å²) >= 11 is 0. The zero-order chi connectivity index (χ0) is 18.9. The average Bonchev–Trinajstić information content (AvgIpc) is 3.11. The standard InChI is InChI=1S/C20H34N6O/c1-17-10-14-25(15-11-17)16-19-22-23-24-26(19)13-5-8-20(27)21-12-9-18-6-3-2-4-7-18/h6,17H,2-5,7-16H2,1H3,(H,21,27). The Hall–Kier alpha value is -1.76. The van der Waals surface area contributed by atoms with Gasteiger partial charge in [-0.1, -0.05) is 18.6 Å². The summed E-state index contributed by atoms with van der Waals surface area (Å²) in [5, 5.41) is 15.2. The molecule has 1 amide bonds. The van der Waals surface area contributed by atoms with Gasteiger partial charge >= 0.3 is 0 Å². The van der Waals surface area contributed by atoms with Gasteiger partial charge in [-0.2, -0.15) is 0 Å². The Kier molecular flexibility index (Phi) is 7.80. The number of aromatic nitrogens is 4. The highest BCUT2D eigenvalue weighted by molar-refractivity contribution is 5.75. The molecule has 0 bridgehead atoms. The normalized spacial score (nSPS) is 19.1. The number of aryl methyl sites for hydroxylation is 1. The number of piperidine rings is 1. The molecule has 0 spiro atoms. The third-order valence-electron chi connectivity index (χ3n) is 5.77. The van der Waals surface area contributed by atoms with Crippen LogP contribution in [0.25, 0.3) is 0 Å². The van der Waals surface area contributed by atoms with Gasteiger partial charge in [-0.15, -0.1) is 5.10 Å². The molecule has 0 unspecified atom stereocenters. The van der Waals surface area contributed by atoms with Crippen molar-refractivity contribution in [3.05, 3.63) is 17.5 Å². The number of allylic oxidation sites excluding steroid dienone is 1. The van der Waals surface area contributed by atoms with Crippen molar-refractivity contribution >= 4 is 5.91 Å². The molecule has 1 aliphatic carbocycles. The van der Waals surface area contributed by atoms with E-state index in [4.69, 9.17) is 0 Å². The minimum Gasteiger partial charge on any atom is -0.356 e. The Bertz CT molecular complexity index is 618. The second-order valence-corrected chi connectivity index (χ2v) is 8.09. The van der Waals surface area contributed by atoms with Crippen molar-refractivity contribution in [3.63, 3.8) is 0 Å². The number of amides is 1. The van der Waals surface area contributed by atoms with E-state index in [1.165, 1.54) is 44.1 Å². The molecule has 0 saturated carbocycles. The Morgan fingerprint density at radius 2 is 2.15 bits per heavy atom. The van der Waals surface area contributed by atoms with Crippen LogP contribution >= 0.6 is 0 Å². The van der Waals surface area contributed by atoms with Crippen LogP contribution in [-0.2, 0) is 17.9 Å². The van der Waals surface area contributed by atoms with Gasteiger partial charge in [0.15, 0.2) is 5.82 Å². The summed E-state index contributed by atoms with van der Waals surface area (Å²) in [7, 11) is 0. The van der Waals surface area contributed by atoms with Crippen molar-refractivity contribution in [1.29, 1.82) is 0 Å². The zero-order valence-corrected chi connectivity index (χ0v) is 16.7. The van der Waals surface area contributed by atoms with Gasteiger partial charge in [0.1, 0.15) is 0 Å². The first kappa shape index (κ1) is 20.0. The molecule has 2 aliphatic rings. The fourth-order valence-corrected chi connectivity index (χ4v) is 3.90. The van der Waals surface area contributed by atoms with E-state index in [0.29, 0.717) is 13.0 Å². The summed E-state index contributed by atoms with van der Waals surface area (Å²) < 4.78 is 1.86. The summed E-state index contributed by atoms with van der Waals surface area (Å²) in [6, 6.07) is 0. The van der Waals surface area contributed by atoms with Crippen LogP contribution in [0.2, 0.25) is 0 Å². The minimum absolute atomic E-state index is 0.131. The molecule has 0 radical (unpaired) electrons. The lowest BCUT2D eigenvalue weighted by Crippen LogP contribution is -2.33. The van der Waals surface area contributed by atoms with E-state index in [1.807, 2.05) is 4.68 Å². The van der Waals surface area contributed by atoms with Gasteiger partial charge in [0.25, 0.3) is 0 Å². The van der Waals surface area contributed by atoms with Gasteiger partial charge in [0.2, 0.25) is 5.91 Å². The predicted molar refractivity (Wildman–Crippen MR) is 105 cm³/mol. The predicted octanol–water partition coefficient (Wildman–Crippen LogP) is 2.69. The summed E-state index contributed by atoms with van der Waals surface area (Å²) in [4.78, 5) is 14.5. The van der Waals surface area contributed by atoms with Gasteiger partial charge < -0.3 is 5.32 Å². The number of nitrogens with zero attached hydrogens (tertiary/aromatic N) is 5. The van der Waals surface area contributed by atoms with Gasteiger partial charge in [-0.3, -0.25) is 9.69 Å². The fourth-order valence-electron chi connectivity index (χ4n) is 3.90. The molecule has 150 valence electrons. The maximum Gasteiger partial charge on any atom is 0.220 e. The van der Waals surface area contributed by atoms with Crippen molar-refractivity contribution in [2.24, 2.45) is 5.92 Å². The number of tetrazole rings is 1. The van der Waals surface area contributed by atoms with E-state index < -0.39 is 0 Å². The molecule has 27 heavy (non-hydrogen) atoms. The highest BCUT2D eigenvalue weighted by Gasteiger charge is 2.18. The lowest BCUT2D eigenvalue weighted by molar-refractivity contribution is -0.121. The molecule has 2 heterocycles. The smallest absolute Gasteiger partial charge is 0.220 e. The van der Waals surface area contributed by atoms with Crippen LogP contribution in [-0.4, -0.2) is 50.6 Å². The molecule has 1 aromatic rings. The fraction of sp³-hybridized carbons (Fsp3) is 0.800. The highest BCUT2D eigenvalue weighted by atomic mass is 16.1. The van der Waals surface area contributed by atoms with Gasteiger partial charge in [-0.25, -0.2) is 4.68 Å². The van der Waals surface area contributed by atoms with E-state index in [0.717, 1.165) is 50.8 Å². The maximum absolute atomic E-state index is 12.0. The number of likely N-dealkylation sites (tertiary alicyclic amines) is 1. The molecule has 1 saturated heterocycles. The van der Waals surface area contributed by atoms with Gasteiger partial charge in [0, 0.05) is 19.5 Å². The molecule has 1 N–H and O–H groups in total. The molecule has 7 nitrogen and oxygen atoms in total. The average molecular weight is 375 g/mol. The Balaban J connectivity index is 1.32. The molecular weight excluding hydrogens is 340 g/mol. The zero-order valence-electron chi connectivity index (χ0n) is 16.7. The lowest BCUT2D eigenvalue weighted by atomic mass is 9.97. The quantitative estimate of drug-likeness (QED) is 0.673. The number of hydrogen-bond donors (Lipinski definition) is 1. The number of hydrogen-bond acceptors (Lipinski definition) is 5. The highest BCUT2D eigenvalue weighted by Crippen LogP contribution is 2.19. The molecule has 0 aromatic carbocycles. The summed E-state index contributed by atoms with van der Waals surface area (Å²) in [5.41, 5.74) is 1.51. The molecule has 7 heteroatoms. The Labute approximate surface area is 162 Å². The second kappa shape index (κ2) is 10.5. The largest absolute Gasteiger partial charge is 0.356 e. The van der Waals surface area contributed by atoms with Crippen molar-refractivity contribution in [2.75, 3.05) is 19.6 Å². The van der Waals surface area contributed by atoms with Crippen molar-refractivity contribution < 1.29 is 4.79 Å².